The fourth-order valence-electron chi connectivity index (χ4n) is 10.2. The lowest BCUT2D eigenvalue weighted by Gasteiger charge is -2.63. The van der Waals surface area contributed by atoms with Crippen molar-refractivity contribution in [2.75, 3.05) is 25.7 Å². The molecule has 0 saturated heterocycles. The molecule has 3 unspecified atom stereocenters. The van der Waals surface area contributed by atoms with E-state index in [1.807, 2.05) is 36.6 Å². The Hall–Kier alpha value is -4.47. The molecule has 2 aromatic carbocycles. The minimum atomic E-state index is -1.41. The van der Waals surface area contributed by atoms with Crippen LogP contribution in [0, 0.1) is 37.0 Å². The number of ether oxygens (including phenoxy) is 2. The van der Waals surface area contributed by atoms with Crippen molar-refractivity contribution >= 4 is 47.3 Å². The van der Waals surface area contributed by atoms with Gasteiger partial charge in [0, 0.05) is 5.54 Å². The molecular formula is C44H61N5O9S. The maximum absolute atomic E-state index is 14.9. The fraction of sp³-hybridized carbons (Fsp3) is 0.591. The van der Waals surface area contributed by atoms with Crippen LogP contribution in [0.2, 0.25) is 0 Å². The minimum absolute atomic E-state index is 0.00976. The average Bonchev–Trinajstić information content (AvgIpc) is 3.14. The topological polar surface area (TPSA) is 220 Å². The number of imide groups is 1. The number of aryl methyl sites for hydroxylation is 2. The van der Waals surface area contributed by atoms with Crippen LogP contribution in [0.15, 0.2) is 42.5 Å². The van der Waals surface area contributed by atoms with E-state index in [0.717, 1.165) is 16.9 Å². The van der Waals surface area contributed by atoms with Gasteiger partial charge in [0.2, 0.25) is 17.7 Å². The van der Waals surface area contributed by atoms with E-state index in [9.17, 15) is 33.9 Å². The zero-order valence-corrected chi connectivity index (χ0v) is 36.1. The number of rotatable bonds is 16. The van der Waals surface area contributed by atoms with Gasteiger partial charge in [-0.1, -0.05) is 30.3 Å². The Morgan fingerprint density at radius 3 is 2.15 bits per heavy atom. The molecule has 4 amide bonds. The summed E-state index contributed by atoms with van der Waals surface area (Å²) in [7, 11) is 1.33. The van der Waals surface area contributed by atoms with Crippen molar-refractivity contribution < 1.29 is 43.3 Å². The van der Waals surface area contributed by atoms with Gasteiger partial charge < -0.3 is 36.7 Å². The van der Waals surface area contributed by atoms with Crippen LogP contribution >= 0.6 is 11.8 Å². The second kappa shape index (κ2) is 18.4. The number of esters is 1. The fourth-order valence-corrected chi connectivity index (χ4v) is 10.6. The van der Waals surface area contributed by atoms with Crippen molar-refractivity contribution in [3.05, 3.63) is 64.7 Å². The maximum atomic E-state index is 14.9. The van der Waals surface area contributed by atoms with E-state index < -0.39 is 76.9 Å². The van der Waals surface area contributed by atoms with E-state index in [0.29, 0.717) is 48.1 Å². The number of ketones is 1. The molecular weight excluding hydrogens is 775 g/mol. The van der Waals surface area contributed by atoms with Crippen molar-refractivity contribution in [3.8, 4) is 5.75 Å². The molecule has 4 aliphatic carbocycles. The molecule has 0 heterocycles. The molecule has 59 heavy (non-hydrogen) atoms. The SMILES string of the molecule is COC(=O)C12CC3CC(CC(N)(C3)C1C(=O)[C@H](Cc1ccccc1)NC(=O)CNC(=O)[C@@H](CCSC)N(C(=O)OC(C)(C)C)C(=O)[C@@H](N)Cc1c(C)cc(O)cc1C)C2. The molecule has 0 spiro atoms. The number of Topliss-reactive ketones (excluding diaryl/α,β-unsaturated/α-hetero) is 1. The lowest BCUT2D eigenvalue weighted by Crippen LogP contribution is -2.72. The van der Waals surface area contributed by atoms with Gasteiger partial charge in [-0.15, -0.1) is 0 Å². The first-order valence-electron chi connectivity index (χ1n) is 20.3. The lowest BCUT2D eigenvalue weighted by molar-refractivity contribution is -0.188. The molecule has 0 aliphatic heterocycles. The molecule has 7 N–H and O–H groups in total. The highest BCUT2D eigenvalue weighted by Crippen LogP contribution is 2.64. The minimum Gasteiger partial charge on any atom is -0.508 e. The predicted molar refractivity (Wildman–Crippen MR) is 224 cm³/mol. The van der Waals surface area contributed by atoms with E-state index >= 15 is 0 Å². The van der Waals surface area contributed by atoms with Crippen LogP contribution in [0.3, 0.4) is 0 Å². The van der Waals surface area contributed by atoms with Gasteiger partial charge in [0.1, 0.15) is 17.4 Å². The number of benzene rings is 2. The summed E-state index contributed by atoms with van der Waals surface area (Å²) in [6.07, 6.45) is 4.05. The Morgan fingerprint density at radius 2 is 1.59 bits per heavy atom. The van der Waals surface area contributed by atoms with Crippen LogP contribution in [-0.4, -0.2) is 101 Å². The summed E-state index contributed by atoms with van der Waals surface area (Å²) in [5.74, 6) is -3.20. The first kappa shape index (κ1) is 45.6. The number of carbonyl (C=O) groups excluding carboxylic acids is 6. The number of nitrogens with two attached hydrogens (primary N) is 2. The smallest absolute Gasteiger partial charge is 0.417 e. The monoisotopic (exact) mass is 835 g/mol. The van der Waals surface area contributed by atoms with Crippen molar-refractivity contribution in [3.63, 3.8) is 0 Å². The van der Waals surface area contributed by atoms with Crippen LogP contribution in [0.4, 0.5) is 4.79 Å². The Bertz CT molecular complexity index is 1880. The number of hydrogen-bond donors (Lipinski definition) is 5. The van der Waals surface area contributed by atoms with Gasteiger partial charge in [-0.2, -0.15) is 11.8 Å². The number of carbonyl (C=O) groups is 6. The first-order valence-corrected chi connectivity index (χ1v) is 21.7. The summed E-state index contributed by atoms with van der Waals surface area (Å²) in [6, 6.07) is 8.51. The third-order valence-corrected chi connectivity index (χ3v) is 12.8. The van der Waals surface area contributed by atoms with Crippen molar-refractivity contribution in [1.82, 2.24) is 15.5 Å². The molecule has 4 bridgehead atoms. The molecule has 322 valence electrons. The van der Waals surface area contributed by atoms with E-state index in [1.165, 1.54) is 18.9 Å². The molecule has 6 atom stereocenters. The van der Waals surface area contributed by atoms with E-state index in [4.69, 9.17) is 20.9 Å². The highest BCUT2D eigenvalue weighted by molar-refractivity contribution is 7.98. The number of hydrogen-bond acceptors (Lipinski definition) is 12. The molecule has 0 radical (unpaired) electrons. The number of nitrogens with one attached hydrogen (secondary N) is 2. The van der Waals surface area contributed by atoms with Crippen LogP contribution in [0.25, 0.3) is 0 Å². The van der Waals surface area contributed by atoms with Gasteiger partial charge in [-0.3, -0.25) is 24.0 Å². The van der Waals surface area contributed by atoms with Crippen LogP contribution in [0.5, 0.6) is 5.75 Å². The first-order chi connectivity index (χ1) is 27.7. The number of aromatic hydroxyl groups is 1. The largest absolute Gasteiger partial charge is 0.508 e. The van der Waals surface area contributed by atoms with Crippen LogP contribution in [0.1, 0.15) is 81.5 Å². The van der Waals surface area contributed by atoms with Gasteiger partial charge in [0.15, 0.2) is 5.78 Å². The number of phenols is 1. The quantitative estimate of drug-likeness (QED) is 0.152. The summed E-state index contributed by atoms with van der Waals surface area (Å²) in [6.45, 7) is 7.86. The van der Waals surface area contributed by atoms with Crippen molar-refractivity contribution in [1.29, 1.82) is 0 Å². The highest BCUT2D eigenvalue weighted by atomic mass is 32.2. The normalized spacial score (nSPS) is 24.7. The Balaban J connectivity index is 1.39. The predicted octanol–water partition coefficient (Wildman–Crippen LogP) is 3.87. The third kappa shape index (κ3) is 10.3. The zero-order valence-electron chi connectivity index (χ0n) is 35.3. The Morgan fingerprint density at radius 1 is 0.983 bits per heavy atom. The third-order valence-electron chi connectivity index (χ3n) is 12.2. The van der Waals surface area contributed by atoms with Gasteiger partial charge in [-0.05, 0) is 144 Å². The highest BCUT2D eigenvalue weighted by Gasteiger charge is 2.68. The molecule has 2 aromatic rings. The van der Waals surface area contributed by atoms with E-state index in [2.05, 4.69) is 10.6 Å². The summed E-state index contributed by atoms with van der Waals surface area (Å²) in [5.41, 5.74) is 13.4. The Labute approximate surface area is 351 Å². The van der Waals surface area contributed by atoms with Crippen molar-refractivity contribution in [2.24, 2.45) is 34.6 Å². The number of methoxy groups -OCH3 is 1. The summed E-state index contributed by atoms with van der Waals surface area (Å²) < 4.78 is 11.0. The maximum Gasteiger partial charge on any atom is 0.417 e. The molecule has 4 aliphatic rings. The summed E-state index contributed by atoms with van der Waals surface area (Å²) in [5, 5.41) is 15.5. The zero-order chi connectivity index (χ0) is 43.4. The Kier molecular flexibility index (Phi) is 14.2. The summed E-state index contributed by atoms with van der Waals surface area (Å²) in [4.78, 5) is 85.1. The number of nitrogens with zero attached hydrogens (tertiary/aromatic N) is 1. The van der Waals surface area contributed by atoms with Gasteiger partial charge in [0.05, 0.1) is 37.1 Å². The van der Waals surface area contributed by atoms with Crippen LogP contribution < -0.4 is 22.1 Å². The number of thioether (sulfide) groups is 1. The molecule has 6 rings (SSSR count). The second-order valence-electron chi connectivity index (χ2n) is 17.9. The lowest BCUT2D eigenvalue weighted by atomic mass is 9.41. The second-order valence-corrected chi connectivity index (χ2v) is 18.9. The van der Waals surface area contributed by atoms with E-state index in [-0.39, 0.29) is 42.6 Å². The number of phenolic OH excluding ortho intramolecular Hbond substituents is 1. The summed E-state index contributed by atoms with van der Waals surface area (Å²) >= 11 is 1.40. The van der Waals surface area contributed by atoms with Gasteiger partial charge in [-0.25, -0.2) is 9.69 Å². The molecule has 14 nitrogen and oxygen atoms in total. The molecule has 0 aromatic heterocycles. The van der Waals surface area contributed by atoms with E-state index in [1.54, 1.807) is 46.8 Å². The van der Waals surface area contributed by atoms with Crippen molar-refractivity contribution in [2.45, 2.75) is 115 Å². The molecule has 4 fully saturated rings. The van der Waals surface area contributed by atoms with Gasteiger partial charge >= 0.3 is 12.1 Å². The molecule has 15 heteroatoms. The van der Waals surface area contributed by atoms with Gasteiger partial charge in [0.25, 0.3) is 0 Å². The average molecular weight is 836 g/mol. The van der Waals surface area contributed by atoms with Crippen LogP contribution in [-0.2, 0) is 46.3 Å². The number of amides is 4. The molecule has 4 saturated carbocycles. The standard InChI is InChI=1S/C44H61N5O9S/c1-25-15-30(50)16-26(2)31(25)19-32(45)39(54)49(41(56)58-42(3,4)5)34(13-14-59-7)38(53)47-24-35(51)48-33(18-27-11-9-8-10-12-27)36(52)37-43(40(55)57-6)20-28-17-29(21-43)23-44(37,46)22-28/h8-12,15-16,28-29,32-34,37,50H,13-14,17-24,45-46H2,1-7H3,(H,47,53)(H,48,51)/t28?,29?,32-,33-,34+,37?,43?,44?/m0/s1.